The molecular formula is C16H19F3N4O3S. The lowest BCUT2D eigenvalue weighted by Crippen LogP contribution is -2.39. The summed E-state index contributed by atoms with van der Waals surface area (Å²) in [7, 11) is 0. The number of urea groups is 1. The molecule has 1 fully saturated rings. The largest absolute Gasteiger partial charge is 0.390 e. The average molecular weight is 404 g/mol. The maximum Gasteiger partial charge on any atom is 0.390 e. The van der Waals surface area contributed by atoms with E-state index in [9.17, 15) is 27.6 Å². The van der Waals surface area contributed by atoms with Crippen molar-refractivity contribution in [2.45, 2.75) is 46.1 Å². The highest BCUT2D eigenvalue weighted by atomic mass is 32.1. The van der Waals surface area contributed by atoms with E-state index < -0.39 is 30.4 Å². The van der Waals surface area contributed by atoms with Crippen LogP contribution in [0.25, 0.3) is 10.2 Å². The number of alkyl halides is 3. The molecule has 1 aliphatic heterocycles. The molecule has 1 aliphatic rings. The highest BCUT2D eigenvalue weighted by molar-refractivity contribution is 7.18. The van der Waals surface area contributed by atoms with Gasteiger partial charge in [0.1, 0.15) is 4.83 Å². The lowest BCUT2D eigenvalue weighted by Gasteiger charge is -2.12. The van der Waals surface area contributed by atoms with Gasteiger partial charge in [-0.2, -0.15) is 13.2 Å². The van der Waals surface area contributed by atoms with Crippen LogP contribution in [0.1, 0.15) is 23.8 Å². The van der Waals surface area contributed by atoms with E-state index in [2.05, 4.69) is 5.32 Å². The first-order valence-corrected chi connectivity index (χ1v) is 9.30. The molecule has 0 atom stereocenters. The third-order valence-electron chi connectivity index (χ3n) is 4.61. The Morgan fingerprint density at radius 2 is 1.89 bits per heavy atom. The van der Waals surface area contributed by atoms with Crippen molar-refractivity contribution in [3.63, 3.8) is 0 Å². The average Bonchev–Trinajstić information content (AvgIpc) is 3.11. The van der Waals surface area contributed by atoms with Crippen LogP contribution in [-0.4, -0.2) is 39.3 Å². The molecule has 0 spiro atoms. The number of carbonyl (C=O) groups is 1. The van der Waals surface area contributed by atoms with Crippen LogP contribution < -0.4 is 16.6 Å². The summed E-state index contributed by atoms with van der Waals surface area (Å²) >= 11 is 1.10. The zero-order valence-corrected chi connectivity index (χ0v) is 15.7. The highest BCUT2D eigenvalue weighted by Crippen LogP contribution is 2.30. The number of thiophene rings is 1. The molecule has 11 heteroatoms. The van der Waals surface area contributed by atoms with Gasteiger partial charge in [0.2, 0.25) is 0 Å². The Kier molecular flexibility index (Phi) is 5.06. The number of carbonyl (C=O) groups excluding carboxylic acids is 1. The molecule has 27 heavy (non-hydrogen) atoms. The topological polar surface area (TPSA) is 76.3 Å². The van der Waals surface area contributed by atoms with Gasteiger partial charge < -0.3 is 10.2 Å². The van der Waals surface area contributed by atoms with E-state index in [1.807, 2.05) is 0 Å². The van der Waals surface area contributed by atoms with E-state index in [-0.39, 0.29) is 29.3 Å². The van der Waals surface area contributed by atoms with Crippen LogP contribution in [0.2, 0.25) is 0 Å². The van der Waals surface area contributed by atoms with Gasteiger partial charge in [0.25, 0.3) is 5.56 Å². The Bertz CT molecular complexity index is 1010. The molecule has 7 nitrogen and oxygen atoms in total. The first kappa shape index (κ1) is 19.5. The van der Waals surface area contributed by atoms with Crippen molar-refractivity contribution in [1.82, 2.24) is 19.4 Å². The first-order chi connectivity index (χ1) is 12.6. The first-order valence-electron chi connectivity index (χ1n) is 8.49. The van der Waals surface area contributed by atoms with Crippen LogP contribution in [-0.2, 0) is 19.6 Å². The molecule has 0 radical (unpaired) electrons. The van der Waals surface area contributed by atoms with Gasteiger partial charge in [-0.3, -0.25) is 13.9 Å². The van der Waals surface area contributed by atoms with Crippen LogP contribution in [0, 0.1) is 6.92 Å². The molecule has 3 rings (SSSR count). The second-order valence-electron chi connectivity index (χ2n) is 6.33. The van der Waals surface area contributed by atoms with E-state index in [1.54, 1.807) is 18.7 Å². The van der Waals surface area contributed by atoms with Crippen LogP contribution in [0.5, 0.6) is 0 Å². The monoisotopic (exact) mass is 404 g/mol. The van der Waals surface area contributed by atoms with Crippen molar-refractivity contribution in [3.8, 4) is 0 Å². The third kappa shape index (κ3) is 3.60. The fraction of sp³-hybridized carbons (Fsp3) is 0.562. The van der Waals surface area contributed by atoms with Crippen molar-refractivity contribution in [1.29, 1.82) is 0 Å². The molecule has 1 N–H and O–H groups in total. The molecule has 1 saturated heterocycles. The molecule has 0 unspecified atom stereocenters. The fourth-order valence-corrected chi connectivity index (χ4v) is 4.47. The summed E-state index contributed by atoms with van der Waals surface area (Å²) in [6.07, 6.45) is -5.58. The molecule has 2 amide bonds. The molecule has 2 aromatic heterocycles. The smallest absolute Gasteiger partial charge is 0.336 e. The van der Waals surface area contributed by atoms with Gasteiger partial charge in [0.05, 0.1) is 18.4 Å². The number of amides is 2. The maximum absolute atomic E-state index is 12.7. The number of rotatable bonds is 5. The number of aromatic nitrogens is 2. The molecule has 148 valence electrons. The van der Waals surface area contributed by atoms with Gasteiger partial charge in [-0.05, 0) is 19.4 Å². The quantitative estimate of drug-likeness (QED) is 0.829. The van der Waals surface area contributed by atoms with Crippen LogP contribution in [0.4, 0.5) is 18.0 Å². The summed E-state index contributed by atoms with van der Waals surface area (Å²) in [5.41, 5.74) is -0.653. The van der Waals surface area contributed by atoms with Crippen molar-refractivity contribution in [3.05, 3.63) is 31.3 Å². The Morgan fingerprint density at radius 3 is 2.44 bits per heavy atom. The molecular weight excluding hydrogens is 385 g/mol. The fourth-order valence-electron chi connectivity index (χ4n) is 3.14. The van der Waals surface area contributed by atoms with Gasteiger partial charge >= 0.3 is 17.9 Å². The van der Waals surface area contributed by atoms with Crippen LogP contribution >= 0.6 is 11.3 Å². The highest BCUT2D eigenvalue weighted by Gasteiger charge is 2.29. The van der Waals surface area contributed by atoms with Crippen molar-refractivity contribution >= 4 is 27.6 Å². The van der Waals surface area contributed by atoms with Crippen LogP contribution in [0.15, 0.2) is 9.59 Å². The normalized spacial score (nSPS) is 15.0. The number of nitrogens with one attached hydrogen (secondary N) is 1. The van der Waals surface area contributed by atoms with E-state index in [0.717, 1.165) is 20.5 Å². The predicted octanol–water partition coefficient (Wildman–Crippen LogP) is 2.03. The number of hydrogen-bond donors (Lipinski definition) is 1. The Morgan fingerprint density at radius 1 is 1.19 bits per heavy atom. The van der Waals surface area contributed by atoms with Gasteiger partial charge in [0, 0.05) is 31.1 Å². The summed E-state index contributed by atoms with van der Waals surface area (Å²) in [6.45, 7) is 4.08. The molecule has 0 bridgehead atoms. The zero-order valence-electron chi connectivity index (χ0n) is 14.9. The second kappa shape index (κ2) is 7.02. The number of nitrogens with zero attached hydrogens (tertiary/aromatic N) is 3. The number of halogens is 3. The Balaban J connectivity index is 2.15. The summed E-state index contributed by atoms with van der Waals surface area (Å²) in [5, 5.41) is 2.92. The lowest BCUT2D eigenvalue weighted by atomic mass is 10.2. The maximum atomic E-state index is 12.7. The van der Waals surface area contributed by atoms with E-state index in [1.165, 1.54) is 0 Å². The van der Waals surface area contributed by atoms with Gasteiger partial charge in [-0.25, -0.2) is 9.59 Å². The minimum absolute atomic E-state index is 0.0682. The standard InChI is InChI=1S/C16H19F3N4O3S/c1-3-22-12(24)11-9(2)10(8-21-7-5-20-14(21)25)27-13(11)23(15(22)26)6-4-16(17,18)19/h3-8H2,1-2H3,(H,20,25). The van der Waals surface area contributed by atoms with Crippen molar-refractivity contribution in [2.24, 2.45) is 0 Å². The lowest BCUT2D eigenvalue weighted by molar-refractivity contribution is -0.136. The van der Waals surface area contributed by atoms with E-state index in [0.29, 0.717) is 23.5 Å². The third-order valence-corrected chi connectivity index (χ3v) is 5.91. The second-order valence-corrected chi connectivity index (χ2v) is 7.42. The number of hydrogen-bond acceptors (Lipinski definition) is 4. The molecule has 2 aromatic rings. The summed E-state index contributed by atoms with van der Waals surface area (Å²) in [4.78, 5) is 39.5. The van der Waals surface area contributed by atoms with Crippen molar-refractivity contribution in [2.75, 3.05) is 13.1 Å². The molecule has 0 aromatic carbocycles. The van der Waals surface area contributed by atoms with Gasteiger partial charge in [-0.1, -0.05) is 0 Å². The number of aryl methyl sites for hydroxylation is 2. The minimum Gasteiger partial charge on any atom is -0.336 e. The summed E-state index contributed by atoms with van der Waals surface area (Å²) in [6, 6.07) is -0.229. The van der Waals surface area contributed by atoms with Gasteiger partial charge in [-0.15, -0.1) is 11.3 Å². The summed E-state index contributed by atoms with van der Waals surface area (Å²) in [5.74, 6) is 0. The van der Waals surface area contributed by atoms with Gasteiger partial charge in [0.15, 0.2) is 0 Å². The number of fused-ring (bicyclic) bond motifs is 1. The van der Waals surface area contributed by atoms with Crippen molar-refractivity contribution < 1.29 is 18.0 Å². The van der Waals surface area contributed by atoms with Crippen LogP contribution in [0.3, 0.4) is 0 Å². The summed E-state index contributed by atoms with van der Waals surface area (Å²) < 4.78 is 40.1. The molecule has 3 heterocycles. The zero-order chi connectivity index (χ0) is 19.9. The predicted molar refractivity (Wildman–Crippen MR) is 95.2 cm³/mol. The minimum atomic E-state index is -4.41. The van der Waals surface area contributed by atoms with E-state index >= 15 is 0 Å². The van der Waals surface area contributed by atoms with E-state index in [4.69, 9.17) is 0 Å². The molecule has 0 aliphatic carbocycles. The Labute approximate surface area is 156 Å². The molecule has 0 saturated carbocycles. The Hall–Kier alpha value is -2.30. The SMILES string of the molecule is CCn1c(=O)c2c(C)c(CN3CCNC3=O)sc2n(CCC(F)(F)F)c1=O.